The number of rotatable bonds is 5. The lowest BCUT2D eigenvalue weighted by atomic mass is 10.0. The lowest BCUT2D eigenvalue weighted by Gasteiger charge is -2.21. The summed E-state index contributed by atoms with van der Waals surface area (Å²) in [6, 6.07) is 11.2. The third-order valence-corrected chi connectivity index (χ3v) is 2.77. The Morgan fingerprint density at radius 2 is 1.89 bits per heavy atom. The van der Waals surface area contributed by atoms with Crippen LogP contribution in [-0.2, 0) is 6.42 Å². The highest BCUT2D eigenvalue weighted by Crippen LogP contribution is 2.17. The van der Waals surface area contributed by atoms with E-state index in [1.165, 1.54) is 5.56 Å². The van der Waals surface area contributed by atoms with Crippen LogP contribution in [0, 0.1) is 0 Å². The number of aromatic nitrogens is 2. The van der Waals surface area contributed by atoms with E-state index in [1.54, 1.807) is 12.4 Å². The molecule has 0 bridgehead atoms. The van der Waals surface area contributed by atoms with E-state index in [0.29, 0.717) is 6.04 Å². The first-order valence-corrected chi connectivity index (χ1v) is 6.31. The molecule has 0 amide bonds. The molecule has 18 heavy (non-hydrogen) atoms. The number of nitrogens with zero attached hydrogens (tertiary/aromatic N) is 2. The maximum Gasteiger partial charge on any atom is 0.0605 e. The number of hydrogen-bond acceptors (Lipinski definition) is 3. The van der Waals surface area contributed by atoms with E-state index in [1.807, 2.05) is 12.3 Å². The van der Waals surface area contributed by atoms with Crippen LogP contribution in [0.5, 0.6) is 0 Å². The van der Waals surface area contributed by atoms with Gasteiger partial charge in [0, 0.05) is 37.1 Å². The molecule has 2 rings (SSSR count). The molecule has 94 valence electrons. The first-order valence-electron chi connectivity index (χ1n) is 6.31. The largest absolute Gasteiger partial charge is 0.307 e. The van der Waals surface area contributed by atoms with Crippen molar-refractivity contribution in [3.63, 3.8) is 0 Å². The Kier molecular flexibility index (Phi) is 4.42. The van der Waals surface area contributed by atoms with Crippen molar-refractivity contribution >= 4 is 0 Å². The zero-order chi connectivity index (χ0) is 12.8. The Hall–Kier alpha value is -1.74. The third kappa shape index (κ3) is 3.64. The highest BCUT2D eigenvalue weighted by atomic mass is 14.9. The van der Waals surface area contributed by atoms with Gasteiger partial charge in [-0.1, -0.05) is 44.2 Å². The van der Waals surface area contributed by atoms with Crippen LogP contribution in [0.2, 0.25) is 0 Å². The van der Waals surface area contributed by atoms with Crippen molar-refractivity contribution in [1.82, 2.24) is 15.3 Å². The molecule has 0 aliphatic carbocycles. The van der Waals surface area contributed by atoms with Crippen LogP contribution in [0.3, 0.4) is 0 Å². The van der Waals surface area contributed by atoms with Crippen LogP contribution in [0.25, 0.3) is 0 Å². The second kappa shape index (κ2) is 6.26. The molecule has 0 saturated heterocycles. The molecule has 0 aliphatic rings. The van der Waals surface area contributed by atoms with Gasteiger partial charge in [-0.25, -0.2) is 0 Å². The second-order valence-corrected chi connectivity index (χ2v) is 4.69. The van der Waals surface area contributed by atoms with Gasteiger partial charge in [0.2, 0.25) is 0 Å². The Balaban J connectivity index is 2.16. The lowest BCUT2D eigenvalue weighted by Crippen LogP contribution is -2.29. The second-order valence-electron chi connectivity index (χ2n) is 4.69. The quantitative estimate of drug-likeness (QED) is 0.874. The number of hydrogen-bond donors (Lipinski definition) is 1. The van der Waals surface area contributed by atoms with Crippen LogP contribution < -0.4 is 5.32 Å². The van der Waals surface area contributed by atoms with E-state index in [0.717, 1.165) is 12.1 Å². The smallest absolute Gasteiger partial charge is 0.0605 e. The summed E-state index contributed by atoms with van der Waals surface area (Å²) >= 11 is 0. The average Bonchev–Trinajstić information content (AvgIpc) is 2.40. The van der Waals surface area contributed by atoms with Crippen LogP contribution in [-0.4, -0.2) is 16.0 Å². The van der Waals surface area contributed by atoms with Gasteiger partial charge >= 0.3 is 0 Å². The standard InChI is InChI=1S/C15H19N3/c1-12(2)18-15(13-6-4-3-5-7-13)10-14-11-16-8-9-17-14/h3-9,11-12,15,18H,10H2,1-2H3. The van der Waals surface area contributed by atoms with Crippen molar-refractivity contribution in [2.24, 2.45) is 0 Å². The van der Waals surface area contributed by atoms with Crippen LogP contribution >= 0.6 is 0 Å². The molecule has 3 heteroatoms. The maximum absolute atomic E-state index is 4.35. The van der Waals surface area contributed by atoms with Crippen LogP contribution in [0.15, 0.2) is 48.9 Å². The van der Waals surface area contributed by atoms with Gasteiger partial charge in [-0.15, -0.1) is 0 Å². The zero-order valence-corrected chi connectivity index (χ0v) is 10.9. The third-order valence-electron chi connectivity index (χ3n) is 2.77. The molecule has 1 aromatic carbocycles. The van der Waals surface area contributed by atoms with Gasteiger partial charge in [0.05, 0.1) is 5.69 Å². The van der Waals surface area contributed by atoms with E-state index in [2.05, 4.69) is 53.4 Å². The van der Waals surface area contributed by atoms with Crippen molar-refractivity contribution in [3.8, 4) is 0 Å². The fourth-order valence-corrected chi connectivity index (χ4v) is 2.01. The molecule has 1 heterocycles. The molecule has 1 N–H and O–H groups in total. The Labute approximate surface area is 108 Å². The Morgan fingerprint density at radius 3 is 2.50 bits per heavy atom. The van der Waals surface area contributed by atoms with Gasteiger partial charge in [-0.3, -0.25) is 9.97 Å². The van der Waals surface area contributed by atoms with Crippen LogP contribution in [0.1, 0.15) is 31.1 Å². The molecular weight excluding hydrogens is 222 g/mol. The predicted octanol–water partition coefficient (Wildman–Crippen LogP) is 2.76. The molecule has 1 atom stereocenters. The van der Waals surface area contributed by atoms with Gasteiger partial charge in [0.15, 0.2) is 0 Å². The fraction of sp³-hybridized carbons (Fsp3) is 0.333. The van der Waals surface area contributed by atoms with Gasteiger partial charge < -0.3 is 5.32 Å². The van der Waals surface area contributed by atoms with Crippen molar-refractivity contribution in [1.29, 1.82) is 0 Å². The van der Waals surface area contributed by atoms with E-state index in [4.69, 9.17) is 0 Å². The van der Waals surface area contributed by atoms with Gasteiger partial charge in [-0.2, -0.15) is 0 Å². The fourth-order valence-electron chi connectivity index (χ4n) is 2.01. The summed E-state index contributed by atoms with van der Waals surface area (Å²) in [4.78, 5) is 8.47. The molecule has 1 unspecified atom stereocenters. The average molecular weight is 241 g/mol. The molecule has 0 aliphatic heterocycles. The maximum atomic E-state index is 4.35. The molecule has 0 fully saturated rings. The number of benzene rings is 1. The van der Waals surface area contributed by atoms with Crippen LogP contribution in [0.4, 0.5) is 0 Å². The molecule has 0 spiro atoms. The molecule has 3 nitrogen and oxygen atoms in total. The first kappa shape index (κ1) is 12.7. The lowest BCUT2D eigenvalue weighted by molar-refractivity contribution is 0.471. The highest BCUT2D eigenvalue weighted by molar-refractivity contribution is 5.20. The summed E-state index contributed by atoms with van der Waals surface area (Å²) < 4.78 is 0. The topological polar surface area (TPSA) is 37.8 Å². The van der Waals surface area contributed by atoms with Crippen molar-refractivity contribution < 1.29 is 0 Å². The van der Waals surface area contributed by atoms with Crippen molar-refractivity contribution in [2.75, 3.05) is 0 Å². The van der Waals surface area contributed by atoms with Crippen molar-refractivity contribution in [3.05, 3.63) is 60.2 Å². The molecule has 1 aromatic heterocycles. The molecule has 0 saturated carbocycles. The zero-order valence-electron chi connectivity index (χ0n) is 10.9. The van der Waals surface area contributed by atoms with Gasteiger partial charge in [-0.05, 0) is 5.56 Å². The minimum atomic E-state index is 0.280. The van der Waals surface area contributed by atoms with E-state index >= 15 is 0 Å². The van der Waals surface area contributed by atoms with E-state index < -0.39 is 0 Å². The minimum Gasteiger partial charge on any atom is -0.307 e. The first-order chi connectivity index (χ1) is 8.75. The Bertz CT molecular complexity index is 454. The minimum absolute atomic E-state index is 0.280. The summed E-state index contributed by atoms with van der Waals surface area (Å²) in [6.45, 7) is 4.32. The number of nitrogens with one attached hydrogen (secondary N) is 1. The van der Waals surface area contributed by atoms with E-state index in [-0.39, 0.29) is 6.04 Å². The molecular formula is C15H19N3. The van der Waals surface area contributed by atoms with Gasteiger partial charge in [0.25, 0.3) is 0 Å². The molecule has 0 radical (unpaired) electrons. The summed E-state index contributed by atoms with van der Waals surface area (Å²) in [5.74, 6) is 0. The summed E-state index contributed by atoms with van der Waals surface area (Å²) in [6.07, 6.45) is 6.14. The van der Waals surface area contributed by atoms with Crippen molar-refractivity contribution in [2.45, 2.75) is 32.4 Å². The molecule has 2 aromatic rings. The normalized spacial score (nSPS) is 12.6. The Morgan fingerprint density at radius 1 is 1.11 bits per heavy atom. The highest BCUT2D eigenvalue weighted by Gasteiger charge is 2.13. The predicted molar refractivity (Wildman–Crippen MR) is 73.2 cm³/mol. The summed E-state index contributed by atoms with van der Waals surface area (Å²) in [5, 5.41) is 3.58. The summed E-state index contributed by atoms with van der Waals surface area (Å²) in [5.41, 5.74) is 2.30. The summed E-state index contributed by atoms with van der Waals surface area (Å²) in [7, 11) is 0. The van der Waals surface area contributed by atoms with E-state index in [9.17, 15) is 0 Å². The monoisotopic (exact) mass is 241 g/mol. The SMILES string of the molecule is CC(C)NC(Cc1cnccn1)c1ccccc1. The van der Waals surface area contributed by atoms with Gasteiger partial charge in [0.1, 0.15) is 0 Å².